The predicted molar refractivity (Wildman–Crippen MR) is 43.3 cm³/mol. The van der Waals surface area contributed by atoms with Gasteiger partial charge in [0.05, 0.1) is 6.10 Å². The number of hydrogen-bond acceptors (Lipinski definition) is 3. The third-order valence-electron chi connectivity index (χ3n) is 2.23. The molecular formula is C8H17NO2. The molecule has 2 unspecified atom stereocenters. The molecule has 0 aliphatic carbocycles. The zero-order valence-corrected chi connectivity index (χ0v) is 7.45. The lowest BCUT2D eigenvalue weighted by Crippen LogP contribution is -2.32. The van der Waals surface area contributed by atoms with E-state index in [1.54, 1.807) is 0 Å². The molecule has 1 heterocycles. The van der Waals surface area contributed by atoms with E-state index in [4.69, 9.17) is 4.74 Å². The highest BCUT2D eigenvalue weighted by Gasteiger charge is 2.22. The zero-order chi connectivity index (χ0) is 8.43. The van der Waals surface area contributed by atoms with Crippen LogP contribution in [-0.2, 0) is 4.74 Å². The minimum absolute atomic E-state index is 0.139. The number of nitrogens with zero attached hydrogens (tertiary/aromatic N) is 1. The summed E-state index contributed by atoms with van der Waals surface area (Å²) in [5.41, 5.74) is 0. The van der Waals surface area contributed by atoms with Crippen LogP contribution in [0.5, 0.6) is 0 Å². The number of rotatable bonds is 0. The second-order valence-corrected chi connectivity index (χ2v) is 3.43. The van der Waals surface area contributed by atoms with Crippen molar-refractivity contribution in [3.8, 4) is 0 Å². The van der Waals surface area contributed by atoms with Crippen molar-refractivity contribution in [2.75, 3.05) is 13.6 Å². The Kier molecular flexibility index (Phi) is 2.87. The molecule has 3 heteroatoms. The summed E-state index contributed by atoms with van der Waals surface area (Å²) in [7, 11) is 2.06. The molecule has 1 aliphatic rings. The minimum Gasteiger partial charge on any atom is -0.368 e. The summed E-state index contributed by atoms with van der Waals surface area (Å²) in [5, 5.41) is 9.30. The molecule has 0 aromatic carbocycles. The van der Waals surface area contributed by atoms with Crippen LogP contribution >= 0.6 is 0 Å². The number of hydrogen-bond donors (Lipinski definition) is 1. The van der Waals surface area contributed by atoms with Gasteiger partial charge in [-0.15, -0.1) is 0 Å². The van der Waals surface area contributed by atoms with Crippen LogP contribution in [0, 0.1) is 0 Å². The van der Waals surface area contributed by atoms with Crippen molar-refractivity contribution < 1.29 is 9.84 Å². The molecule has 11 heavy (non-hydrogen) atoms. The summed E-state index contributed by atoms with van der Waals surface area (Å²) in [6.45, 7) is 4.99. The quantitative estimate of drug-likeness (QED) is 0.556. The van der Waals surface area contributed by atoms with E-state index in [1.165, 1.54) is 0 Å². The van der Waals surface area contributed by atoms with Crippen molar-refractivity contribution in [3.05, 3.63) is 0 Å². The molecule has 0 aromatic heterocycles. The fourth-order valence-electron chi connectivity index (χ4n) is 1.42. The van der Waals surface area contributed by atoms with Gasteiger partial charge in [0, 0.05) is 19.0 Å². The summed E-state index contributed by atoms with van der Waals surface area (Å²) < 4.78 is 5.27. The van der Waals surface area contributed by atoms with Crippen LogP contribution in [0.2, 0.25) is 0 Å². The predicted octanol–water partition coefficient (Wildman–Crippen LogP) is 0.434. The molecule has 0 spiro atoms. The molecule has 1 N–H and O–H groups in total. The Hall–Kier alpha value is -0.120. The van der Waals surface area contributed by atoms with Crippen LogP contribution in [0.15, 0.2) is 0 Å². The third-order valence-corrected chi connectivity index (χ3v) is 2.23. The Bertz CT molecular complexity index is 115. The molecule has 0 aromatic rings. The van der Waals surface area contributed by atoms with Crippen molar-refractivity contribution in [3.63, 3.8) is 0 Å². The Morgan fingerprint density at radius 2 is 2.09 bits per heavy atom. The first-order valence-electron chi connectivity index (χ1n) is 4.13. The highest BCUT2D eigenvalue weighted by molar-refractivity contribution is 4.71. The molecule has 3 atom stereocenters. The summed E-state index contributed by atoms with van der Waals surface area (Å²) in [6, 6.07) is 0.412. The van der Waals surface area contributed by atoms with Crippen LogP contribution in [0.4, 0.5) is 0 Å². The fourth-order valence-corrected chi connectivity index (χ4v) is 1.42. The summed E-state index contributed by atoms with van der Waals surface area (Å²) in [6.07, 6.45) is 0.269. The minimum atomic E-state index is -0.579. The van der Waals surface area contributed by atoms with Gasteiger partial charge in [0.25, 0.3) is 0 Å². The first kappa shape index (κ1) is 8.97. The van der Waals surface area contributed by atoms with Gasteiger partial charge in [-0.05, 0) is 20.9 Å². The molecule has 0 saturated carbocycles. The number of likely N-dealkylation sites (N-methyl/N-ethyl adjacent to an activating group) is 1. The molecule has 3 nitrogen and oxygen atoms in total. The lowest BCUT2D eigenvalue weighted by atomic mass is 10.2. The molecule has 0 radical (unpaired) electrons. The summed E-state index contributed by atoms with van der Waals surface area (Å²) >= 11 is 0. The van der Waals surface area contributed by atoms with Crippen LogP contribution in [0.25, 0.3) is 0 Å². The average Bonchev–Trinajstić information content (AvgIpc) is 1.93. The lowest BCUT2D eigenvalue weighted by molar-refractivity contribution is -0.124. The SMILES string of the molecule is CC1CC(O)O[C@@H](C)CN1C. The van der Waals surface area contributed by atoms with Gasteiger partial charge in [-0.2, -0.15) is 0 Å². The van der Waals surface area contributed by atoms with Crippen LogP contribution < -0.4 is 0 Å². The van der Waals surface area contributed by atoms with E-state index < -0.39 is 6.29 Å². The van der Waals surface area contributed by atoms with Gasteiger partial charge in [0.2, 0.25) is 0 Å². The van der Waals surface area contributed by atoms with E-state index in [0.29, 0.717) is 12.5 Å². The Labute approximate surface area is 68.0 Å². The van der Waals surface area contributed by atoms with Gasteiger partial charge < -0.3 is 14.7 Å². The van der Waals surface area contributed by atoms with E-state index in [0.717, 1.165) is 6.54 Å². The average molecular weight is 159 g/mol. The molecule has 1 aliphatic heterocycles. The monoisotopic (exact) mass is 159 g/mol. The van der Waals surface area contributed by atoms with Gasteiger partial charge in [-0.1, -0.05) is 0 Å². The summed E-state index contributed by atoms with van der Waals surface area (Å²) in [5.74, 6) is 0. The maximum absolute atomic E-state index is 9.30. The Balaban J connectivity index is 2.51. The maximum atomic E-state index is 9.30. The molecule has 1 fully saturated rings. The highest BCUT2D eigenvalue weighted by atomic mass is 16.6. The van der Waals surface area contributed by atoms with Gasteiger partial charge in [0.15, 0.2) is 6.29 Å². The topological polar surface area (TPSA) is 32.7 Å². The first-order chi connectivity index (χ1) is 5.09. The van der Waals surface area contributed by atoms with Crippen LogP contribution in [0.1, 0.15) is 20.3 Å². The van der Waals surface area contributed by atoms with E-state index in [1.807, 2.05) is 6.92 Å². The standard InChI is InChI=1S/C8H17NO2/c1-6-4-8(10)11-7(2)5-9(6)3/h6-8,10H,4-5H2,1-3H3/t6?,7-,8?/m0/s1. The van der Waals surface area contributed by atoms with Gasteiger partial charge >= 0.3 is 0 Å². The Morgan fingerprint density at radius 3 is 2.73 bits per heavy atom. The Morgan fingerprint density at radius 1 is 1.45 bits per heavy atom. The normalized spacial score (nSPS) is 42.0. The van der Waals surface area contributed by atoms with Crippen molar-refractivity contribution in [2.45, 2.75) is 38.7 Å². The van der Waals surface area contributed by atoms with Gasteiger partial charge in [-0.25, -0.2) is 0 Å². The zero-order valence-electron chi connectivity index (χ0n) is 7.45. The second-order valence-electron chi connectivity index (χ2n) is 3.43. The molecule has 1 rings (SSSR count). The molecular weight excluding hydrogens is 142 g/mol. The summed E-state index contributed by atoms with van der Waals surface area (Å²) in [4.78, 5) is 2.21. The van der Waals surface area contributed by atoms with Gasteiger partial charge in [-0.3, -0.25) is 0 Å². The van der Waals surface area contributed by atoms with Crippen molar-refractivity contribution in [1.82, 2.24) is 4.90 Å². The van der Waals surface area contributed by atoms with Crippen molar-refractivity contribution in [1.29, 1.82) is 0 Å². The third kappa shape index (κ3) is 2.43. The van der Waals surface area contributed by atoms with E-state index in [2.05, 4.69) is 18.9 Å². The van der Waals surface area contributed by atoms with E-state index >= 15 is 0 Å². The van der Waals surface area contributed by atoms with Crippen LogP contribution in [-0.4, -0.2) is 42.0 Å². The van der Waals surface area contributed by atoms with E-state index in [9.17, 15) is 5.11 Å². The number of ether oxygens (including phenoxy) is 1. The molecule has 0 bridgehead atoms. The number of aliphatic hydroxyl groups excluding tert-OH is 1. The van der Waals surface area contributed by atoms with E-state index in [-0.39, 0.29) is 6.10 Å². The smallest absolute Gasteiger partial charge is 0.156 e. The maximum Gasteiger partial charge on any atom is 0.156 e. The molecule has 1 saturated heterocycles. The van der Waals surface area contributed by atoms with Crippen LogP contribution in [0.3, 0.4) is 0 Å². The van der Waals surface area contributed by atoms with Crippen molar-refractivity contribution >= 4 is 0 Å². The second kappa shape index (κ2) is 3.52. The number of aliphatic hydroxyl groups is 1. The largest absolute Gasteiger partial charge is 0.368 e. The first-order valence-corrected chi connectivity index (χ1v) is 4.13. The lowest BCUT2D eigenvalue weighted by Gasteiger charge is -2.21. The molecule has 0 amide bonds. The highest BCUT2D eigenvalue weighted by Crippen LogP contribution is 2.13. The molecule has 66 valence electrons. The van der Waals surface area contributed by atoms with Crippen molar-refractivity contribution in [2.24, 2.45) is 0 Å². The fraction of sp³-hybridized carbons (Fsp3) is 1.00. The van der Waals surface area contributed by atoms with Gasteiger partial charge in [0.1, 0.15) is 0 Å².